The molecule has 2 amide bonds. The Kier molecular flexibility index (Phi) is 3.55. The summed E-state index contributed by atoms with van der Waals surface area (Å²) in [5.74, 6) is -0.933. The molecular formula is C12H16N2O4. The molecule has 1 atom stereocenters. The summed E-state index contributed by atoms with van der Waals surface area (Å²) in [5.41, 5.74) is 0.886. The number of carboxylic acids is 1. The predicted octanol–water partition coefficient (Wildman–Crippen LogP) is 1.38. The Labute approximate surface area is 105 Å². The van der Waals surface area contributed by atoms with E-state index in [4.69, 9.17) is 9.52 Å². The van der Waals surface area contributed by atoms with Crippen molar-refractivity contribution in [3.8, 4) is 0 Å². The van der Waals surface area contributed by atoms with Crippen LogP contribution in [0, 0.1) is 0 Å². The van der Waals surface area contributed by atoms with E-state index in [1.54, 1.807) is 25.6 Å². The van der Waals surface area contributed by atoms with Gasteiger partial charge in [-0.3, -0.25) is 0 Å². The lowest BCUT2D eigenvalue weighted by molar-refractivity contribution is -0.141. The van der Waals surface area contributed by atoms with Gasteiger partial charge < -0.3 is 19.3 Å². The minimum atomic E-state index is -0.933. The zero-order chi connectivity index (χ0) is 13.1. The van der Waals surface area contributed by atoms with Crippen LogP contribution in [0.4, 0.5) is 4.79 Å². The zero-order valence-electron chi connectivity index (χ0n) is 10.2. The maximum absolute atomic E-state index is 12.1. The van der Waals surface area contributed by atoms with Crippen molar-refractivity contribution in [1.29, 1.82) is 0 Å². The topological polar surface area (TPSA) is 74.0 Å². The average molecular weight is 252 g/mol. The van der Waals surface area contributed by atoms with Crippen LogP contribution < -0.4 is 0 Å². The van der Waals surface area contributed by atoms with Gasteiger partial charge in [0.15, 0.2) is 0 Å². The Bertz CT molecular complexity index is 429. The normalized spacial score (nSPS) is 18.9. The molecule has 1 aliphatic heterocycles. The molecule has 0 spiro atoms. The third-order valence-electron chi connectivity index (χ3n) is 3.11. The van der Waals surface area contributed by atoms with E-state index < -0.39 is 12.0 Å². The summed E-state index contributed by atoms with van der Waals surface area (Å²) >= 11 is 0. The van der Waals surface area contributed by atoms with Gasteiger partial charge in [-0.2, -0.15) is 0 Å². The van der Waals surface area contributed by atoms with Crippen LogP contribution in [0.2, 0.25) is 0 Å². The Balaban J connectivity index is 1.99. The Morgan fingerprint density at radius 3 is 3.00 bits per heavy atom. The van der Waals surface area contributed by atoms with Crippen molar-refractivity contribution in [2.75, 3.05) is 13.6 Å². The van der Waals surface area contributed by atoms with Gasteiger partial charge in [0.05, 0.1) is 19.1 Å². The average Bonchev–Trinajstić information content (AvgIpc) is 2.97. The minimum absolute atomic E-state index is 0.249. The van der Waals surface area contributed by atoms with Gasteiger partial charge in [0, 0.05) is 19.2 Å². The summed E-state index contributed by atoms with van der Waals surface area (Å²) in [4.78, 5) is 26.1. The van der Waals surface area contributed by atoms with Crippen LogP contribution in [-0.2, 0) is 11.3 Å². The number of aliphatic carboxylic acids is 1. The highest BCUT2D eigenvalue weighted by atomic mass is 16.4. The number of carboxylic acid groups (broad SMARTS) is 1. The molecule has 18 heavy (non-hydrogen) atoms. The van der Waals surface area contributed by atoms with Crippen molar-refractivity contribution in [3.05, 3.63) is 24.2 Å². The minimum Gasteiger partial charge on any atom is -0.480 e. The van der Waals surface area contributed by atoms with E-state index in [0.29, 0.717) is 19.5 Å². The summed E-state index contributed by atoms with van der Waals surface area (Å²) in [7, 11) is 1.66. The maximum atomic E-state index is 12.1. The molecule has 0 bridgehead atoms. The SMILES string of the molecule is CN(Cc1ccoc1)C(=O)N1CCC[C@H]1C(=O)O. The molecule has 1 aliphatic rings. The second-order valence-corrected chi connectivity index (χ2v) is 4.46. The molecule has 1 saturated heterocycles. The van der Waals surface area contributed by atoms with Gasteiger partial charge >= 0.3 is 12.0 Å². The van der Waals surface area contributed by atoms with Crippen LogP contribution >= 0.6 is 0 Å². The van der Waals surface area contributed by atoms with Crippen LogP contribution in [0.1, 0.15) is 18.4 Å². The van der Waals surface area contributed by atoms with Crippen molar-refractivity contribution in [2.45, 2.75) is 25.4 Å². The summed E-state index contributed by atoms with van der Waals surface area (Å²) < 4.78 is 4.93. The number of carbonyl (C=O) groups is 2. The lowest BCUT2D eigenvalue weighted by atomic mass is 10.2. The fourth-order valence-corrected chi connectivity index (χ4v) is 2.20. The number of furan rings is 1. The molecule has 6 heteroatoms. The highest BCUT2D eigenvalue weighted by molar-refractivity contribution is 5.83. The maximum Gasteiger partial charge on any atom is 0.326 e. The van der Waals surface area contributed by atoms with E-state index in [9.17, 15) is 9.59 Å². The van der Waals surface area contributed by atoms with Crippen LogP contribution in [0.5, 0.6) is 0 Å². The van der Waals surface area contributed by atoms with Gasteiger partial charge in [-0.15, -0.1) is 0 Å². The van der Waals surface area contributed by atoms with Crippen molar-refractivity contribution >= 4 is 12.0 Å². The molecular weight excluding hydrogens is 236 g/mol. The number of hydrogen-bond donors (Lipinski definition) is 1. The molecule has 1 fully saturated rings. The molecule has 0 unspecified atom stereocenters. The number of amides is 2. The summed E-state index contributed by atoms with van der Waals surface area (Å²) in [5, 5.41) is 9.04. The van der Waals surface area contributed by atoms with Gasteiger partial charge in [-0.05, 0) is 18.9 Å². The molecule has 98 valence electrons. The first-order valence-corrected chi connectivity index (χ1v) is 5.85. The van der Waals surface area contributed by atoms with Gasteiger partial charge in [0.2, 0.25) is 0 Å². The van der Waals surface area contributed by atoms with Gasteiger partial charge in [-0.25, -0.2) is 9.59 Å². The lowest BCUT2D eigenvalue weighted by Gasteiger charge is -2.27. The summed E-state index contributed by atoms with van der Waals surface area (Å²) in [6.45, 7) is 0.920. The van der Waals surface area contributed by atoms with E-state index in [1.165, 1.54) is 9.80 Å². The van der Waals surface area contributed by atoms with Crippen molar-refractivity contribution in [1.82, 2.24) is 9.80 Å². The lowest BCUT2D eigenvalue weighted by Crippen LogP contribution is -2.46. The molecule has 1 N–H and O–H groups in total. The number of urea groups is 1. The fraction of sp³-hybridized carbons (Fsp3) is 0.500. The molecule has 2 heterocycles. The molecule has 1 aromatic heterocycles. The van der Waals surface area contributed by atoms with Crippen molar-refractivity contribution < 1.29 is 19.1 Å². The predicted molar refractivity (Wildman–Crippen MR) is 62.9 cm³/mol. The first-order valence-electron chi connectivity index (χ1n) is 5.85. The zero-order valence-corrected chi connectivity index (χ0v) is 10.2. The van der Waals surface area contributed by atoms with Crippen molar-refractivity contribution in [3.63, 3.8) is 0 Å². The van der Waals surface area contributed by atoms with Crippen LogP contribution in [0.15, 0.2) is 23.0 Å². The summed E-state index contributed by atoms with van der Waals surface area (Å²) in [6.07, 6.45) is 4.38. The second kappa shape index (κ2) is 5.12. The molecule has 6 nitrogen and oxygen atoms in total. The van der Waals surface area contributed by atoms with E-state index in [-0.39, 0.29) is 6.03 Å². The third-order valence-corrected chi connectivity index (χ3v) is 3.11. The smallest absolute Gasteiger partial charge is 0.326 e. The number of hydrogen-bond acceptors (Lipinski definition) is 3. The van der Waals surface area contributed by atoms with Crippen LogP contribution in [-0.4, -0.2) is 46.5 Å². The van der Waals surface area contributed by atoms with Crippen molar-refractivity contribution in [2.24, 2.45) is 0 Å². The third kappa shape index (κ3) is 2.47. The standard InChI is InChI=1S/C12H16N2O4/c1-13(7-9-4-6-18-8-9)12(17)14-5-2-3-10(14)11(15)16/h4,6,8,10H,2-3,5,7H2,1H3,(H,15,16)/t10-/m0/s1. The highest BCUT2D eigenvalue weighted by Gasteiger charge is 2.35. The number of likely N-dealkylation sites (tertiary alicyclic amines) is 1. The monoisotopic (exact) mass is 252 g/mol. The summed E-state index contributed by atoms with van der Waals surface area (Å²) in [6, 6.07) is 0.841. The Morgan fingerprint density at radius 2 is 2.39 bits per heavy atom. The highest BCUT2D eigenvalue weighted by Crippen LogP contribution is 2.19. The van der Waals surface area contributed by atoms with E-state index in [1.807, 2.05) is 0 Å². The second-order valence-electron chi connectivity index (χ2n) is 4.46. The fourth-order valence-electron chi connectivity index (χ4n) is 2.20. The number of rotatable bonds is 3. The first-order chi connectivity index (χ1) is 8.59. The van der Waals surface area contributed by atoms with Gasteiger partial charge in [-0.1, -0.05) is 0 Å². The van der Waals surface area contributed by atoms with E-state index in [0.717, 1.165) is 12.0 Å². The largest absolute Gasteiger partial charge is 0.480 e. The number of carbonyl (C=O) groups excluding carboxylic acids is 1. The van der Waals surface area contributed by atoms with E-state index in [2.05, 4.69) is 0 Å². The number of nitrogens with zero attached hydrogens (tertiary/aromatic N) is 2. The quantitative estimate of drug-likeness (QED) is 0.882. The molecule has 0 radical (unpaired) electrons. The van der Waals surface area contributed by atoms with Gasteiger partial charge in [0.1, 0.15) is 6.04 Å². The van der Waals surface area contributed by atoms with Crippen LogP contribution in [0.3, 0.4) is 0 Å². The molecule has 0 aromatic carbocycles. The van der Waals surface area contributed by atoms with Crippen LogP contribution in [0.25, 0.3) is 0 Å². The molecule has 0 aliphatic carbocycles. The Hall–Kier alpha value is -1.98. The van der Waals surface area contributed by atoms with Gasteiger partial charge in [0.25, 0.3) is 0 Å². The first kappa shape index (κ1) is 12.5. The molecule has 1 aromatic rings. The molecule has 2 rings (SSSR count). The van der Waals surface area contributed by atoms with E-state index >= 15 is 0 Å². The Morgan fingerprint density at radius 1 is 1.61 bits per heavy atom. The molecule has 0 saturated carbocycles.